The van der Waals surface area contributed by atoms with E-state index >= 15 is 0 Å². The molecule has 27 heavy (non-hydrogen) atoms. The molecule has 0 aromatic carbocycles. The molecule has 5 nitrogen and oxygen atoms in total. The molecule has 2 aliphatic rings. The van der Waals surface area contributed by atoms with Gasteiger partial charge in [-0.15, -0.1) is 11.3 Å². The van der Waals surface area contributed by atoms with Gasteiger partial charge in [-0.2, -0.15) is 5.26 Å². The predicted octanol–water partition coefficient (Wildman–Crippen LogP) is 4.41. The zero-order valence-corrected chi connectivity index (χ0v) is 16.3. The van der Waals surface area contributed by atoms with Crippen LogP contribution in [0.2, 0.25) is 5.15 Å². The monoisotopic (exact) mass is 396 g/mol. The molecule has 0 saturated heterocycles. The Morgan fingerprint density at radius 2 is 2.19 bits per heavy atom. The fraction of sp³-hybridized carbons (Fsp3) is 0.250. The Hall–Kier alpha value is -2.62. The van der Waals surface area contributed by atoms with Gasteiger partial charge in [0.25, 0.3) is 0 Å². The lowest BCUT2D eigenvalue weighted by molar-refractivity contribution is -0.116. The number of anilines is 1. The molecule has 4 rings (SSSR count). The van der Waals surface area contributed by atoms with E-state index in [0.29, 0.717) is 35.5 Å². The fourth-order valence-electron chi connectivity index (χ4n) is 3.80. The van der Waals surface area contributed by atoms with Gasteiger partial charge in [-0.3, -0.25) is 9.69 Å². The third-order valence-corrected chi connectivity index (χ3v) is 6.30. The van der Waals surface area contributed by atoms with Crippen LogP contribution in [0.15, 0.2) is 53.1 Å². The van der Waals surface area contributed by atoms with E-state index in [1.807, 2.05) is 19.1 Å². The molecular formula is C20H17ClN4OS. The smallest absolute Gasteiger partial charge is 0.161 e. The standard InChI is InChI=1S/C20H17ClN4OS/c1-11-7-8-16(27-11)17-12(10-22)20(23)25(14-5-3-9-24-19(14)21)13-4-2-6-15(26)18(13)17/h3,5,7-9,17H,2,4,6,23H2,1H3/t17-/m1/s1. The van der Waals surface area contributed by atoms with Crippen LogP contribution in [0, 0.1) is 18.3 Å². The average molecular weight is 397 g/mol. The van der Waals surface area contributed by atoms with Gasteiger partial charge < -0.3 is 5.73 Å². The largest absolute Gasteiger partial charge is 0.384 e. The van der Waals surface area contributed by atoms with E-state index in [0.717, 1.165) is 21.9 Å². The number of pyridine rings is 1. The van der Waals surface area contributed by atoms with Crippen LogP contribution >= 0.6 is 22.9 Å². The highest BCUT2D eigenvalue weighted by Gasteiger charge is 2.41. The molecule has 1 aliphatic carbocycles. The minimum Gasteiger partial charge on any atom is -0.384 e. The number of nitrogens with zero attached hydrogens (tertiary/aromatic N) is 3. The maximum absolute atomic E-state index is 12.9. The lowest BCUT2D eigenvalue weighted by Crippen LogP contribution is -2.38. The van der Waals surface area contributed by atoms with Crippen molar-refractivity contribution in [3.63, 3.8) is 0 Å². The number of halogens is 1. The number of aromatic nitrogens is 1. The molecule has 3 heterocycles. The van der Waals surface area contributed by atoms with Gasteiger partial charge in [0.1, 0.15) is 5.82 Å². The van der Waals surface area contributed by atoms with Gasteiger partial charge in [-0.1, -0.05) is 11.6 Å². The van der Waals surface area contributed by atoms with Crippen LogP contribution in [-0.2, 0) is 4.79 Å². The second kappa shape index (κ2) is 6.84. The normalized spacial score (nSPS) is 20.0. The van der Waals surface area contributed by atoms with Crippen LogP contribution in [0.25, 0.3) is 0 Å². The zero-order chi connectivity index (χ0) is 19.1. The highest BCUT2D eigenvalue weighted by molar-refractivity contribution is 7.12. The quantitative estimate of drug-likeness (QED) is 0.760. The number of nitriles is 1. The van der Waals surface area contributed by atoms with Crippen molar-refractivity contribution < 1.29 is 4.79 Å². The van der Waals surface area contributed by atoms with Gasteiger partial charge in [0.15, 0.2) is 10.9 Å². The first kappa shape index (κ1) is 17.8. The SMILES string of the molecule is Cc1ccc([C@H]2C(C#N)=C(N)N(c3cccnc3Cl)C3=C2C(=O)CCC3)s1. The number of thiophene rings is 1. The Morgan fingerprint density at radius 1 is 1.37 bits per heavy atom. The topological polar surface area (TPSA) is 83.0 Å². The summed E-state index contributed by atoms with van der Waals surface area (Å²) in [5, 5.41) is 10.2. The Bertz CT molecular complexity index is 1050. The molecule has 2 aromatic rings. The maximum atomic E-state index is 12.9. The summed E-state index contributed by atoms with van der Waals surface area (Å²) < 4.78 is 0. The number of nitrogens with two attached hydrogens (primary N) is 1. The molecule has 0 amide bonds. The predicted molar refractivity (Wildman–Crippen MR) is 106 cm³/mol. The Labute approximate surface area is 166 Å². The summed E-state index contributed by atoms with van der Waals surface area (Å²) in [4.78, 5) is 20.9. The number of aryl methyl sites for hydroxylation is 1. The van der Waals surface area contributed by atoms with Crippen LogP contribution in [0.5, 0.6) is 0 Å². The maximum Gasteiger partial charge on any atom is 0.161 e. The molecule has 1 aliphatic heterocycles. The first-order valence-electron chi connectivity index (χ1n) is 8.66. The molecule has 0 bridgehead atoms. The number of allylic oxidation sites excluding steroid dienone is 3. The first-order valence-corrected chi connectivity index (χ1v) is 9.85. The molecule has 0 unspecified atom stereocenters. The van der Waals surface area contributed by atoms with E-state index in [4.69, 9.17) is 17.3 Å². The van der Waals surface area contributed by atoms with E-state index in [-0.39, 0.29) is 10.9 Å². The van der Waals surface area contributed by atoms with Gasteiger partial charge in [-0.25, -0.2) is 4.98 Å². The number of ketones is 1. The van der Waals surface area contributed by atoms with Gasteiger partial charge in [-0.05, 0) is 44.0 Å². The fourth-order valence-corrected chi connectivity index (χ4v) is 5.00. The first-order chi connectivity index (χ1) is 13.0. The Kier molecular flexibility index (Phi) is 4.50. The van der Waals surface area contributed by atoms with Crippen molar-refractivity contribution in [2.75, 3.05) is 4.90 Å². The number of Topliss-reactive ketones (excluding diaryl/α,β-unsaturated/α-hetero) is 1. The summed E-state index contributed by atoms with van der Waals surface area (Å²) >= 11 is 7.91. The second-order valence-corrected chi connectivity index (χ2v) is 8.26. The van der Waals surface area contributed by atoms with Gasteiger partial charge in [0.05, 0.1) is 23.2 Å². The second-order valence-electron chi connectivity index (χ2n) is 6.58. The van der Waals surface area contributed by atoms with Crippen LogP contribution in [0.1, 0.15) is 34.9 Å². The van der Waals surface area contributed by atoms with E-state index in [1.165, 1.54) is 0 Å². The van der Waals surface area contributed by atoms with Crippen molar-refractivity contribution in [3.05, 3.63) is 68.0 Å². The summed E-state index contributed by atoms with van der Waals surface area (Å²) in [6.45, 7) is 2.01. The molecular weight excluding hydrogens is 380 g/mol. The molecule has 136 valence electrons. The van der Waals surface area contributed by atoms with Crippen LogP contribution < -0.4 is 10.6 Å². The van der Waals surface area contributed by atoms with E-state index < -0.39 is 5.92 Å². The summed E-state index contributed by atoms with van der Waals surface area (Å²) in [7, 11) is 0. The number of hydrogen-bond acceptors (Lipinski definition) is 6. The lowest BCUT2D eigenvalue weighted by Gasteiger charge is -2.39. The van der Waals surface area contributed by atoms with Crippen molar-refractivity contribution in [3.8, 4) is 6.07 Å². The summed E-state index contributed by atoms with van der Waals surface area (Å²) in [5.74, 6) is -0.0299. The van der Waals surface area contributed by atoms with Crippen LogP contribution in [0.4, 0.5) is 5.69 Å². The molecule has 2 N–H and O–H groups in total. The van der Waals surface area contributed by atoms with Crippen LogP contribution in [-0.4, -0.2) is 10.8 Å². The van der Waals surface area contributed by atoms with Gasteiger partial charge >= 0.3 is 0 Å². The molecule has 0 spiro atoms. The zero-order valence-electron chi connectivity index (χ0n) is 14.7. The summed E-state index contributed by atoms with van der Waals surface area (Å²) in [5.41, 5.74) is 8.94. The van der Waals surface area contributed by atoms with Crippen molar-refractivity contribution in [1.29, 1.82) is 5.26 Å². The van der Waals surface area contributed by atoms with Crippen LogP contribution in [0.3, 0.4) is 0 Å². The average Bonchev–Trinajstić information content (AvgIpc) is 3.08. The van der Waals surface area contributed by atoms with Crippen molar-refractivity contribution in [2.45, 2.75) is 32.1 Å². The van der Waals surface area contributed by atoms with Crippen molar-refractivity contribution in [1.82, 2.24) is 4.98 Å². The number of carbonyl (C=O) groups excluding carboxylic acids is 1. The minimum atomic E-state index is -0.414. The summed E-state index contributed by atoms with van der Waals surface area (Å²) in [6, 6.07) is 9.80. The minimum absolute atomic E-state index is 0.0672. The van der Waals surface area contributed by atoms with E-state index in [2.05, 4.69) is 11.1 Å². The van der Waals surface area contributed by atoms with E-state index in [9.17, 15) is 10.1 Å². The molecule has 1 atom stereocenters. The highest BCUT2D eigenvalue weighted by atomic mass is 35.5. The van der Waals surface area contributed by atoms with Gasteiger partial charge in [0, 0.05) is 33.6 Å². The molecule has 0 saturated carbocycles. The highest BCUT2D eigenvalue weighted by Crippen LogP contribution is 2.48. The Balaban J connectivity index is 1.99. The third-order valence-electron chi connectivity index (χ3n) is 4.94. The number of carbonyl (C=O) groups is 1. The number of hydrogen-bond donors (Lipinski definition) is 1. The van der Waals surface area contributed by atoms with Crippen molar-refractivity contribution >= 4 is 34.4 Å². The molecule has 7 heteroatoms. The van der Waals surface area contributed by atoms with Crippen molar-refractivity contribution in [2.24, 2.45) is 5.73 Å². The Morgan fingerprint density at radius 3 is 2.85 bits per heavy atom. The molecule has 0 radical (unpaired) electrons. The number of rotatable bonds is 2. The lowest BCUT2D eigenvalue weighted by atomic mass is 9.78. The van der Waals surface area contributed by atoms with Gasteiger partial charge in [0.2, 0.25) is 0 Å². The molecule has 0 fully saturated rings. The van der Waals surface area contributed by atoms with E-state index in [1.54, 1.807) is 34.6 Å². The molecule has 2 aromatic heterocycles. The third kappa shape index (κ3) is 2.84. The summed E-state index contributed by atoms with van der Waals surface area (Å²) in [6.07, 6.45) is 3.52.